The zero-order chi connectivity index (χ0) is 19.5. The van der Waals surface area contributed by atoms with Gasteiger partial charge in [-0.2, -0.15) is 0 Å². The van der Waals surface area contributed by atoms with E-state index in [1.807, 2.05) is 41.3 Å². The van der Waals surface area contributed by atoms with Crippen molar-refractivity contribution in [3.63, 3.8) is 0 Å². The van der Waals surface area contributed by atoms with Crippen molar-refractivity contribution in [3.05, 3.63) is 65.9 Å². The SMILES string of the molecule is COc1ccccc1C(=O)N1CCN(CC(=O)c2c[nH]c3ccccc23)CC1. The van der Waals surface area contributed by atoms with Crippen LogP contribution in [0.25, 0.3) is 10.9 Å². The van der Waals surface area contributed by atoms with Gasteiger partial charge in [0.05, 0.1) is 19.2 Å². The van der Waals surface area contributed by atoms with Crippen molar-refractivity contribution in [1.29, 1.82) is 0 Å². The Bertz CT molecular complexity index is 1000. The maximum Gasteiger partial charge on any atom is 0.257 e. The first kappa shape index (κ1) is 18.3. The lowest BCUT2D eigenvalue weighted by molar-refractivity contribution is 0.0622. The minimum absolute atomic E-state index is 0.0277. The molecule has 2 aromatic carbocycles. The van der Waals surface area contributed by atoms with Gasteiger partial charge < -0.3 is 14.6 Å². The highest BCUT2D eigenvalue weighted by atomic mass is 16.5. The summed E-state index contributed by atoms with van der Waals surface area (Å²) in [5, 5.41) is 0.956. The maximum atomic E-state index is 12.8. The number of amides is 1. The first-order chi connectivity index (χ1) is 13.7. The third kappa shape index (κ3) is 3.51. The minimum atomic E-state index is -0.0277. The number of ketones is 1. The largest absolute Gasteiger partial charge is 0.496 e. The van der Waals surface area contributed by atoms with E-state index >= 15 is 0 Å². The number of ether oxygens (including phenoxy) is 1. The van der Waals surface area contributed by atoms with Gasteiger partial charge in [-0.15, -0.1) is 0 Å². The highest BCUT2D eigenvalue weighted by Crippen LogP contribution is 2.21. The van der Waals surface area contributed by atoms with Crippen LogP contribution in [0.4, 0.5) is 0 Å². The second-order valence-corrected chi connectivity index (χ2v) is 6.94. The van der Waals surface area contributed by atoms with Crippen LogP contribution in [0.3, 0.4) is 0 Å². The summed E-state index contributed by atoms with van der Waals surface area (Å²) in [7, 11) is 1.57. The Morgan fingerprint density at radius 2 is 1.68 bits per heavy atom. The summed E-state index contributed by atoms with van der Waals surface area (Å²) in [6.07, 6.45) is 1.79. The molecule has 0 aliphatic carbocycles. The van der Waals surface area contributed by atoms with Gasteiger partial charge in [0.2, 0.25) is 0 Å². The third-order valence-corrected chi connectivity index (χ3v) is 5.25. The molecule has 0 spiro atoms. The lowest BCUT2D eigenvalue weighted by atomic mass is 10.1. The molecule has 0 radical (unpaired) electrons. The van der Waals surface area contributed by atoms with Crippen molar-refractivity contribution in [1.82, 2.24) is 14.8 Å². The quantitative estimate of drug-likeness (QED) is 0.695. The number of methoxy groups -OCH3 is 1. The van der Waals surface area contributed by atoms with E-state index in [2.05, 4.69) is 9.88 Å². The molecule has 0 saturated carbocycles. The van der Waals surface area contributed by atoms with Crippen LogP contribution in [0, 0.1) is 0 Å². The molecule has 28 heavy (non-hydrogen) atoms. The van der Waals surface area contributed by atoms with Gasteiger partial charge in [-0.05, 0) is 18.2 Å². The molecule has 0 unspecified atom stereocenters. The number of nitrogens with one attached hydrogen (secondary N) is 1. The maximum absolute atomic E-state index is 12.8. The summed E-state index contributed by atoms with van der Waals surface area (Å²) < 4.78 is 5.30. The third-order valence-electron chi connectivity index (χ3n) is 5.25. The van der Waals surface area contributed by atoms with E-state index in [9.17, 15) is 9.59 Å². The second-order valence-electron chi connectivity index (χ2n) is 6.94. The predicted octanol–water partition coefficient (Wildman–Crippen LogP) is 2.82. The van der Waals surface area contributed by atoms with Crippen LogP contribution >= 0.6 is 0 Å². The highest BCUT2D eigenvalue weighted by Gasteiger charge is 2.25. The molecule has 1 saturated heterocycles. The molecule has 2 heterocycles. The van der Waals surface area contributed by atoms with Gasteiger partial charge in [-0.3, -0.25) is 14.5 Å². The number of piperazine rings is 1. The van der Waals surface area contributed by atoms with Crippen LogP contribution in [0.2, 0.25) is 0 Å². The van der Waals surface area contributed by atoms with Crippen molar-refractivity contribution in [2.45, 2.75) is 0 Å². The molecule has 1 fully saturated rings. The number of H-pyrrole nitrogens is 1. The number of hydrogen-bond donors (Lipinski definition) is 1. The molecule has 0 atom stereocenters. The van der Waals surface area contributed by atoms with E-state index in [1.165, 1.54) is 0 Å². The number of benzene rings is 2. The lowest BCUT2D eigenvalue weighted by Gasteiger charge is -2.34. The monoisotopic (exact) mass is 377 g/mol. The standard InChI is InChI=1S/C22H23N3O3/c1-28-21-9-5-3-7-17(21)22(27)25-12-10-24(11-13-25)15-20(26)18-14-23-19-8-4-2-6-16(18)19/h2-9,14,23H,10-13,15H2,1H3. The molecule has 144 valence electrons. The van der Waals surface area contributed by atoms with Crippen LogP contribution < -0.4 is 4.74 Å². The Kier molecular flexibility index (Phi) is 5.12. The molecule has 1 aliphatic rings. The predicted molar refractivity (Wildman–Crippen MR) is 108 cm³/mol. The number of rotatable bonds is 5. The number of hydrogen-bond acceptors (Lipinski definition) is 4. The minimum Gasteiger partial charge on any atom is -0.496 e. The zero-order valence-electron chi connectivity index (χ0n) is 15.9. The molecular weight excluding hydrogens is 354 g/mol. The molecule has 1 amide bonds. The first-order valence-corrected chi connectivity index (χ1v) is 9.41. The van der Waals surface area contributed by atoms with Crippen LogP contribution in [0.1, 0.15) is 20.7 Å². The molecule has 3 aromatic rings. The van der Waals surface area contributed by atoms with Gasteiger partial charge in [-0.25, -0.2) is 0 Å². The topological polar surface area (TPSA) is 65.6 Å². The Hall–Kier alpha value is -3.12. The number of Topliss-reactive ketones (excluding diaryl/α,β-unsaturated/α-hetero) is 1. The van der Waals surface area contributed by atoms with Gasteiger partial charge in [0, 0.05) is 48.8 Å². The molecule has 6 nitrogen and oxygen atoms in total. The fourth-order valence-corrected chi connectivity index (χ4v) is 3.69. The van der Waals surface area contributed by atoms with Crippen molar-refractivity contribution < 1.29 is 14.3 Å². The fraction of sp³-hybridized carbons (Fsp3) is 0.273. The number of fused-ring (bicyclic) bond motifs is 1. The molecule has 6 heteroatoms. The van der Waals surface area contributed by atoms with Crippen LogP contribution in [0.15, 0.2) is 54.7 Å². The van der Waals surface area contributed by atoms with Gasteiger partial charge in [-0.1, -0.05) is 30.3 Å². The molecule has 1 aliphatic heterocycles. The average Bonchev–Trinajstić information content (AvgIpc) is 3.18. The van der Waals surface area contributed by atoms with Crippen molar-refractivity contribution >= 4 is 22.6 Å². The van der Waals surface area contributed by atoms with E-state index in [4.69, 9.17) is 4.74 Å². The van der Waals surface area contributed by atoms with E-state index < -0.39 is 0 Å². The van der Waals surface area contributed by atoms with Crippen molar-refractivity contribution in [2.24, 2.45) is 0 Å². The Balaban J connectivity index is 1.38. The summed E-state index contributed by atoms with van der Waals surface area (Å²) in [5.74, 6) is 0.659. The van der Waals surface area contributed by atoms with Crippen LogP contribution in [-0.4, -0.2) is 66.3 Å². The smallest absolute Gasteiger partial charge is 0.257 e. The fourth-order valence-electron chi connectivity index (χ4n) is 3.69. The number of aromatic nitrogens is 1. The molecular formula is C22H23N3O3. The van der Waals surface area contributed by atoms with Crippen molar-refractivity contribution in [3.8, 4) is 5.75 Å². The van der Waals surface area contributed by atoms with E-state index in [1.54, 1.807) is 25.4 Å². The lowest BCUT2D eigenvalue weighted by Crippen LogP contribution is -2.49. The van der Waals surface area contributed by atoms with E-state index in [0.29, 0.717) is 44.0 Å². The Labute approximate surface area is 163 Å². The zero-order valence-corrected chi connectivity index (χ0v) is 15.9. The Morgan fingerprint density at radius 3 is 2.46 bits per heavy atom. The van der Waals surface area contributed by atoms with Gasteiger partial charge >= 0.3 is 0 Å². The molecule has 1 N–H and O–H groups in total. The summed E-state index contributed by atoms with van der Waals surface area (Å²) in [4.78, 5) is 32.6. The Morgan fingerprint density at radius 1 is 0.964 bits per heavy atom. The van der Waals surface area contributed by atoms with E-state index in [-0.39, 0.29) is 11.7 Å². The molecule has 1 aromatic heterocycles. The second kappa shape index (κ2) is 7.86. The van der Waals surface area contributed by atoms with Crippen LogP contribution in [-0.2, 0) is 0 Å². The number of para-hydroxylation sites is 2. The van der Waals surface area contributed by atoms with Crippen LogP contribution in [0.5, 0.6) is 5.75 Å². The summed E-state index contributed by atoms with van der Waals surface area (Å²) >= 11 is 0. The summed E-state index contributed by atoms with van der Waals surface area (Å²) in [5.41, 5.74) is 2.27. The first-order valence-electron chi connectivity index (χ1n) is 9.41. The number of carbonyl (C=O) groups is 2. The summed E-state index contributed by atoms with van der Waals surface area (Å²) in [6, 6.07) is 15.1. The van der Waals surface area contributed by atoms with Gasteiger partial charge in [0.15, 0.2) is 5.78 Å². The highest BCUT2D eigenvalue weighted by molar-refractivity contribution is 6.08. The van der Waals surface area contributed by atoms with Gasteiger partial charge in [0.1, 0.15) is 5.75 Å². The number of nitrogens with zero attached hydrogens (tertiary/aromatic N) is 2. The number of carbonyl (C=O) groups excluding carboxylic acids is 2. The summed E-state index contributed by atoms with van der Waals surface area (Å²) in [6.45, 7) is 2.90. The van der Waals surface area contributed by atoms with Crippen molar-refractivity contribution in [2.75, 3.05) is 39.8 Å². The molecule has 4 rings (SSSR count). The van der Waals surface area contributed by atoms with Gasteiger partial charge in [0.25, 0.3) is 5.91 Å². The average molecular weight is 377 g/mol. The molecule has 0 bridgehead atoms. The number of aromatic amines is 1. The normalized spacial score (nSPS) is 15.0. The van der Waals surface area contributed by atoms with E-state index in [0.717, 1.165) is 16.5 Å².